The number of aliphatic hydroxyl groups is 2. The summed E-state index contributed by atoms with van der Waals surface area (Å²) in [6.07, 6.45) is 1.85. The Bertz CT molecular complexity index is 437. The monoisotopic (exact) mass is 293 g/mol. The Balaban J connectivity index is 1.92. The summed E-state index contributed by atoms with van der Waals surface area (Å²) in [5.74, 6) is 0. The zero-order chi connectivity index (χ0) is 15.1. The van der Waals surface area contributed by atoms with E-state index in [0.29, 0.717) is 6.54 Å². The maximum Gasteiger partial charge on any atom is 0.410 e. The smallest absolute Gasteiger partial charge is 0.410 e. The number of nitrogens with zero attached hydrogens (tertiary/aromatic N) is 1. The third-order valence-electron chi connectivity index (χ3n) is 3.86. The number of carbonyl (C=O) groups excluding carboxylic acids is 1. The first-order chi connectivity index (χ1) is 10.2. The third-order valence-corrected chi connectivity index (χ3v) is 3.86. The van der Waals surface area contributed by atoms with E-state index in [2.05, 4.69) is 0 Å². The van der Waals surface area contributed by atoms with Gasteiger partial charge in [-0.3, -0.25) is 0 Å². The van der Waals surface area contributed by atoms with Crippen molar-refractivity contribution in [3.63, 3.8) is 0 Å². The van der Waals surface area contributed by atoms with Crippen molar-refractivity contribution in [2.24, 2.45) is 0 Å². The molecule has 1 aliphatic heterocycles. The minimum Gasteiger partial charge on any atom is -0.445 e. The van der Waals surface area contributed by atoms with Crippen LogP contribution in [0.25, 0.3) is 0 Å². The van der Waals surface area contributed by atoms with Gasteiger partial charge >= 0.3 is 6.09 Å². The number of hydrogen-bond acceptors (Lipinski definition) is 4. The molecule has 2 rings (SSSR count). The molecule has 5 nitrogen and oxygen atoms in total. The van der Waals surface area contributed by atoms with Crippen LogP contribution in [-0.4, -0.2) is 46.5 Å². The molecular formula is C16H23NO4. The van der Waals surface area contributed by atoms with E-state index in [0.717, 1.165) is 24.8 Å². The second-order valence-corrected chi connectivity index (χ2v) is 5.38. The molecule has 0 bridgehead atoms. The van der Waals surface area contributed by atoms with Crippen molar-refractivity contribution in [2.75, 3.05) is 13.2 Å². The van der Waals surface area contributed by atoms with Gasteiger partial charge in [0.15, 0.2) is 0 Å². The molecule has 1 aromatic carbocycles. The highest BCUT2D eigenvalue weighted by atomic mass is 16.6. The Morgan fingerprint density at radius 2 is 2.10 bits per heavy atom. The van der Waals surface area contributed by atoms with Crippen molar-refractivity contribution in [2.45, 2.75) is 44.4 Å². The third kappa shape index (κ3) is 4.44. The van der Waals surface area contributed by atoms with Crippen LogP contribution in [-0.2, 0) is 11.3 Å². The molecule has 0 saturated carbocycles. The van der Waals surface area contributed by atoms with Crippen molar-refractivity contribution in [1.82, 2.24) is 4.90 Å². The van der Waals surface area contributed by atoms with Gasteiger partial charge in [0.05, 0.1) is 12.1 Å². The van der Waals surface area contributed by atoms with Crippen molar-refractivity contribution >= 4 is 6.09 Å². The van der Waals surface area contributed by atoms with E-state index in [-0.39, 0.29) is 31.8 Å². The summed E-state index contributed by atoms with van der Waals surface area (Å²) >= 11 is 0. The molecule has 1 aliphatic rings. The number of piperidine rings is 1. The molecule has 0 unspecified atom stereocenters. The van der Waals surface area contributed by atoms with Crippen LogP contribution in [0.1, 0.15) is 31.2 Å². The second kappa shape index (κ2) is 8.00. The predicted molar refractivity (Wildman–Crippen MR) is 78.7 cm³/mol. The maximum absolute atomic E-state index is 12.2. The summed E-state index contributed by atoms with van der Waals surface area (Å²) < 4.78 is 5.34. The Morgan fingerprint density at radius 3 is 2.81 bits per heavy atom. The predicted octanol–water partition coefficient (Wildman–Crippen LogP) is 1.92. The molecule has 21 heavy (non-hydrogen) atoms. The van der Waals surface area contributed by atoms with Crippen LogP contribution in [0.4, 0.5) is 4.79 Å². The Labute approximate surface area is 125 Å². The van der Waals surface area contributed by atoms with E-state index in [1.807, 2.05) is 30.3 Å². The number of hydrogen-bond donors (Lipinski definition) is 2. The molecule has 0 spiro atoms. The first kappa shape index (κ1) is 15.8. The van der Waals surface area contributed by atoms with Crippen LogP contribution in [0, 0.1) is 0 Å². The number of rotatable bonds is 5. The number of likely N-dealkylation sites (tertiary alicyclic amines) is 1. The van der Waals surface area contributed by atoms with Gasteiger partial charge < -0.3 is 19.8 Å². The van der Waals surface area contributed by atoms with Gasteiger partial charge in [-0.2, -0.15) is 0 Å². The number of aliphatic hydroxyl groups excluding tert-OH is 2. The Kier molecular flexibility index (Phi) is 6.02. The van der Waals surface area contributed by atoms with Crippen LogP contribution < -0.4 is 0 Å². The molecular weight excluding hydrogens is 270 g/mol. The van der Waals surface area contributed by atoms with Gasteiger partial charge in [0.2, 0.25) is 0 Å². The van der Waals surface area contributed by atoms with Crippen LogP contribution in [0.15, 0.2) is 30.3 Å². The zero-order valence-electron chi connectivity index (χ0n) is 12.1. The van der Waals surface area contributed by atoms with Crippen molar-refractivity contribution in [3.8, 4) is 0 Å². The summed E-state index contributed by atoms with van der Waals surface area (Å²) in [6, 6.07) is 9.27. The fraction of sp³-hybridized carbons (Fsp3) is 0.562. The lowest BCUT2D eigenvalue weighted by atomic mass is 9.96. The van der Waals surface area contributed by atoms with Crippen LogP contribution in [0.2, 0.25) is 0 Å². The van der Waals surface area contributed by atoms with Gasteiger partial charge in [-0.15, -0.1) is 0 Å². The lowest BCUT2D eigenvalue weighted by Crippen LogP contribution is -2.50. The lowest BCUT2D eigenvalue weighted by Gasteiger charge is -2.37. The quantitative estimate of drug-likeness (QED) is 0.870. The highest BCUT2D eigenvalue weighted by Gasteiger charge is 2.32. The van der Waals surface area contributed by atoms with Gasteiger partial charge in [0.25, 0.3) is 0 Å². The molecule has 116 valence electrons. The van der Waals surface area contributed by atoms with E-state index < -0.39 is 6.10 Å². The Hall–Kier alpha value is -1.59. The molecule has 5 heteroatoms. The minimum absolute atomic E-state index is 0.0788. The number of amides is 1. The maximum atomic E-state index is 12.2. The van der Waals surface area contributed by atoms with E-state index in [4.69, 9.17) is 9.84 Å². The van der Waals surface area contributed by atoms with Crippen molar-refractivity contribution in [1.29, 1.82) is 0 Å². The van der Waals surface area contributed by atoms with E-state index in [1.54, 1.807) is 4.90 Å². The van der Waals surface area contributed by atoms with Gasteiger partial charge in [0.1, 0.15) is 6.61 Å². The number of ether oxygens (including phenoxy) is 1. The normalized spacial score (nSPS) is 20.1. The van der Waals surface area contributed by atoms with E-state index in [9.17, 15) is 9.90 Å². The fourth-order valence-electron chi connectivity index (χ4n) is 2.71. The molecule has 1 amide bonds. The summed E-state index contributed by atoms with van der Waals surface area (Å²) in [5, 5.41) is 19.0. The molecule has 1 aromatic rings. The topological polar surface area (TPSA) is 70.0 Å². The average Bonchev–Trinajstić information content (AvgIpc) is 2.54. The molecule has 2 N–H and O–H groups in total. The molecule has 1 saturated heterocycles. The summed E-state index contributed by atoms with van der Waals surface area (Å²) in [6.45, 7) is 0.754. The lowest BCUT2D eigenvalue weighted by molar-refractivity contribution is 0.00517. The van der Waals surface area contributed by atoms with Crippen molar-refractivity contribution < 1.29 is 19.7 Å². The molecule has 1 heterocycles. The average molecular weight is 293 g/mol. The van der Waals surface area contributed by atoms with Gasteiger partial charge in [0, 0.05) is 13.2 Å². The molecule has 2 atom stereocenters. The van der Waals surface area contributed by atoms with Crippen LogP contribution in [0.5, 0.6) is 0 Å². The van der Waals surface area contributed by atoms with E-state index >= 15 is 0 Å². The SMILES string of the molecule is O=C(OCc1ccccc1)N1CCCC[C@@H]1[C@H](O)CCO. The fourth-order valence-corrected chi connectivity index (χ4v) is 2.71. The molecule has 1 fully saturated rings. The highest BCUT2D eigenvalue weighted by Crippen LogP contribution is 2.22. The van der Waals surface area contributed by atoms with Gasteiger partial charge in [-0.05, 0) is 31.2 Å². The Morgan fingerprint density at radius 1 is 1.33 bits per heavy atom. The first-order valence-electron chi connectivity index (χ1n) is 7.48. The minimum atomic E-state index is -0.695. The highest BCUT2D eigenvalue weighted by molar-refractivity contribution is 5.68. The summed E-state index contributed by atoms with van der Waals surface area (Å²) in [5.41, 5.74) is 0.940. The summed E-state index contributed by atoms with van der Waals surface area (Å²) in [4.78, 5) is 13.8. The molecule has 0 aromatic heterocycles. The largest absolute Gasteiger partial charge is 0.445 e. The van der Waals surface area contributed by atoms with Crippen LogP contribution >= 0.6 is 0 Å². The molecule has 0 aliphatic carbocycles. The van der Waals surface area contributed by atoms with E-state index in [1.165, 1.54) is 0 Å². The second-order valence-electron chi connectivity index (χ2n) is 5.38. The molecule has 0 radical (unpaired) electrons. The first-order valence-corrected chi connectivity index (χ1v) is 7.48. The van der Waals surface area contributed by atoms with Gasteiger partial charge in [-0.25, -0.2) is 4.79 Å². The zero-order valence-corrected chi connectivity index (χ0v) is 12.1. The van der Waals surface area contributed by atoms with Crippen LogP contribution in [0.3, 0.4) is 0 Å². The van der Waals surface area contributed by atoms with Gasteiger partial charge in [-0.1, -0.05) is 30.3 Å². The number of benzene rings is 1. The summed E-state index contributed by atoms with van der Waals surface area (Å²) in [7, 11) is 0. The number of carbonyl (C=O) groups is 1. The standard InChI is InChI=1S/C16H23NO4/c18-11-9-15(19)14-8-4-5-10-17(14)16(20)21-12-13-6-2-1-3-7-13/h1-3,6-7,14-15,18-19H,4-5,8-12H2/t14-,15-/m1/s1. The van der Waals surface area contributed by atoms with Crippen molar-refractivity contribution in [3.05, 3.63) is 35.9 Å².